The highest BCUT2D eigenvalue weighted by Crippen LogP contribution is 2.36. The van der Waals surface area contributed by atoms with Crippen molar-refractivity contribution >= 4 is 39.1 Å². The highest BCUT2D eigenvalue weighted by molar-refractivity contribution is 9.10. The van der Waals surface area contributed by atoms with Crippen LogP contribution in [0.25, 0.3) is 11.3 Å². The number of aromatic nitrogens is 2. The van der Waals surface area contributed by atoms with Crippen molar-refractivity contribution in [2.45, 2.75) is 19.8 Å². The van der Waals surface area contributed by atoms with Crippen molar-refractivity contribution in [1.82, 2.24) is 10.2 Å². The zero-order chi connectivity index (χ0) is 12.6. The summed E-state index contributed by atoms with van der Waals surface area (Å²) in [7, 11) is 0. The van der Waals surface area contributed by atoms with Crippen LogP contribution in [0.2, 0.25) is 10.0 Å². The van der Waals surface area contributed by atoms with Gasteiger partial charge in [-0.3, -0.25) is 5.10 Å². The molecular formula is C12H11BrCl2N2. The van der Waals surface area contributed by atoms with Gasteiger partial charge in [0.25, 0.3) is 0 Å². The van der Waals surface area contributed by atoms with Gasteiger partial charge in [-0.2, -0.15) is 5.10 Å². The van der Waals surface area contributed by atoms with E-state index < -0.39 is 0 Å². The lowest BCUT2D eigenvalue weighted by molar-refractivity contribution is 0.807. The molecule has 0 saturated carbocycles. The molecule has 2 rings (SSSR count). The van der Waals surface area contributed by atoms with Gasteiger partial charge >= 0.3 is 0 Å². The molecule has 0 bridgehead atoms. The molecule has 2 nitrogen and oxygen atoms in total. The van der Waals surface area contributed by atoms with Crippen LogP contribution in [0, 0.1) is 0 Å². The predicted octanol–water partition coefficient (Wildman–Crippen LogP) is 5.27. The summed E-state index contributed by atoms with van der Waals surface area (Å²) in [5.41, 5.74) is 2.67. The van der Waals surface area contributed by atoms with Gasteiger partial charge in [0.05, 0.1) is 15.2 Å². The van der Waals surface area contributed by atoms with Crippen LogP contribution in [0.1, 0.15) is 25.5 Å². The molecule has 2 aromatic rings. The van der Waals surface area contributed by atoms with E-state index in [2.05, 4.69) is 40.0 Å². The third kappa shape index (κ3) is 2.51. The average molecular weight is 334 g/mol. The molecule has 0 unspecified atom stereocenters. The number of aromatic amines is 1. The van der Waals surface area contributed by atoms with Crippen molar-refractivity contribution in [3.8, 4) is 11.3 Å². The molecule has 1 aromatic carbocycles. The molecule has 5 heteroatoms. The van der Waals surface area contributed by atoms with Gasteiger partial charge in [0, 0.05) is 10.6 Å². The predicted molar refractivity (Wildman–Crippen MR) is 75.8 cm³/mol. The molecule has 0 fully saturated rings. The Morgan fingerprint density at radius 3 is 2.59 bits per heavy atom. The second-order valence-electron chi connectivity index (χ2n) is 4.08. The quantitative estimate of drug-likeness (QED) is 0.796. The van der Waals surface area contributed by atoms with Crippen LogP contribution in [0.3, 0.4) is 0 Å². The number of benzene rings is 1. The van der Waals surface area contributed by atoms with Gasteiger partial charge in [0.15, 0.2) is 0 Å². The molecular weight excluding hydrogens is 323 g/mol. The van der Waals surface area contributed by atoms with Gasteiger partial charge in [0.1, 0.15) is 5.69 Å². The summed E-state index contributed by atoms with van der Waals surface area (Å²) in [6, 6.07) is 5.35. The standard InChI is InChI=1S/C12H11BrCl2N2/c1-6(2)11-10(13)12(17-16-11)8-5-7(14)3-4-9(8)15/h3-6H,1-2H3,(H,16,17). The third-order valence-corrected chi connectivity index (χ3v) is 3.86. The molecule has 90 valence electrons. The molecule has 1 heterocycles. The summed E-state index contributed by atoms with van der Waals surface area (Å²) in [6.45, 7) is 4.20. The molecule has 0 amide bonds. The van der Waals surface area contributed by atoms with E-state index in [0.717, 1.165) is 21.4 Å². The summed E-state index contributed by atoms with van der Waals surface area (Å²) >= 11 is 15.7. The zero-order valence-electron chi connectivity index (χ0n) is 9.39. The fraction of sp³-hybridized carbons (Fsp3) is 0.250. The van der Waals surface area contributed by atoms with Gasteiger partial charge in [0.2, 0.25) is 0 Å². The van der Waals surface area contributed by atoms with Crippen LogP contribution in [0.4, 0.5) is 0 Å². The van der Waals surface area contributed by atoms with E-state index in [1.54, 1.807) is 12.1 Å². The Morgan fingerprint density at radius 1 is 1.29 bits per heavy atom. The Morgan fingerprint density at radius 2 is 2.00 bits per heavy atom. The zero-order valence-corrected chi connectivity index (χ0v) is 12.5. The first kappa shape index (κ1) is 12.9. The maximum atomic E-state index is 6.16. The molecule has 0 radical (unpaired) electrons. The van der Waals surface area contributed by atoms with Gasteiger partial charge < -0.3 is 0 Å². The summed E-state index contributed by atoms with van der Waals surface area (Å²) in [6.07, 6.45) is 0. The van der Waals surface area contributed by atoms with Crippen molar-refractivity contribution in [3.63, 3.8) is 0 Å². The van der Waals surface area contributed by atoms with E-state index in [1.165, 1.54) is 0 Å². The largest absolute Gasteiger partial charge is 0.281 e. The van der Waals surface area contributed by atoms with Crippen molar-refractivity contribution in [2.24, 2.45) is 0 Å². The van der Waals surface area contributed by atoms with E-state index in [4.69, 9.17) is 23.2 Å². The normalized spacial score (nSPS) is 11.2. The molecule has 0 saturated heterocycles. The monoisotopic (exact) mass is 332 g/mol. The minimum Gasteiger partial charge on any atom is -0.281 e. The summed E-state index contributed by atoms with van der Waals surface area (Å²) in [4.78, 5) is 0. The van der Waals surface area contributed by atoms with Crippen molar-refractivity contribution in [1.29, 1.82) is 0 Å². The minimum absolute atomic E-state index is 0.364. The van der Waals surface area contributed by atoms with Crippen LogP contribution >= 0.6 is 39.1 Å². The first-order valence-electron chi connectivity index (χ1n) is 5.20. The maximum absolute atomic E-state index is 6.16. The van der Waals surface area contributed by atoms with E-state index >= 15 is 0 Å². The van der Waals surface area contributed by atoms with Gasteiger partial charge in [-0.1, -0.05) is 37.0 Å². The van der Waals surface area contributed by atoms with Crippen LogP contribution < -0.4 is 0 Å². The highest BCUT2D eigenvalue weighted by Gasteiger charge is 2.16. The number of nitrogens with zero attached hydrogens (tertiary/aromatic N) is 1. The lowest BCUT2D eigenvalue weighted by Crippen LogP contribution is -1.87. The molecule has 0 aliphatic rings. The molecule has 0 atom stereocenters. The van der Waals surface area contributed by atoms with Crippen LogP contribution in [-0.2, 0) is 0 Å². The smallest absolute Gasteiger partial charge is 0.108 e. The number of hydrogen-bond donors (Lipinski definition) is 1. The van der Waals surface area contributed by atoms with Gasteiger partial charge in [-0.05, 0) is 40.0 Å². The van der Waals surface area contributed by atoms with Gasteiger partial charge in [-0.15, -0.1) is 0 Å². The Kier molecular flexibility index (Phi) is 3.81. The minimum atomic E-state index is 0.364. The van der Waals surface area contributed by atoms with E-state index in [0.29, 0.717) is 16.0 Å². The van der Waals surface area contributed by atoms with Crippen LogP contribution in [-0.4, -0.2) is 10.2 Å². The lowest BCUT2D eigenvalue weighted by Gasteiger charge is -2.04. The SMILES string of the molecule is CC(C)c1[nH]nc(-c2cc(Cl)ccc2Cl)c1Br. The molecule has 0 aliphatic carbocycles. The second-order valence-corrected chi connectivity index (χ2v) is 5.72. The third-order valence-electron chi connectivity index (χ3n) is 2.49. The highest BCUT2D eigenvalue weighted by atomic mass is 79.9. The van der Waals surface area contributed by atoms with E-state index in [1.807, 2.05) is 6.07 Å². The maximum Gasteiger partial charge on any atom is 0.108 e. The molecule has 17 heavy (non-hydrogen) atoms. The van der Waals surface area contributed by atoms with E-state index in [-0.39, 0.29) is 0 Å². The van der Waals surface area contributed by atoms with Crippen molar-refractivity contribution in [2.75, 3.05) is 0 Å². The lowest BCUT2D eigenvalue weighted by atomic mass is 10.1. The van der Waals surface area contributed by atoms with Crippen molar-refractivity contribution in [3.05, 3.63) is 38.4 Å². The summed E-state index contributed by atoms with van der Waals surface area (Å²) in [5.74, 6) is 0.364. The Hall–Kier alpha value is -0.510. The fourth-order valence-corrected chi connectivity index (χ4v) is 2.81. The molecule has 1 N–H and O–H groups in total. The fourth-order valence-electron chi connectivity index (χ4n) is 1.58. The number of hydrogen-bond acceptors (Lipinski definition) is 1. The number of rotatable bonds is 2. The first-order chi connectivity index (χ1) is 8.00. The number of H-pyrrole nitrogens is 1. The number of halogens is 3. The van der Waals surface area contributed by atoms with Gasteiger partial charge in [-0.25, -0.2) is 0 Å². The van der Waals surface area contributed by atoms with E-state index in [9.17, 15) is 0 Å². The summed E-state index contributed by atoms with van der Waals surface area (Å²) < 4.78 is 0.941. The molecule has 0 spiro atoms. The Bertz CT molecular complexity index is 549. The first-order valence-corrected chi connectivity index (χ1v) is 6.74. The Balaban J connectivity index is 2.57. The molecule has 0 aliphatic heterocycles. The number of nitrogens with one attached hydrogen (secondary N) is 1. The summed E-state index contributed by atoms with van der Waals surface area (Å²) in [5, 5.41) is 8.59. The van der Waals surface area contributed by atoms with Crippen molar-refractivity contribution < 1.29 is 0 Å². The van der Waals surface area contributed by atoms with Crippen LogP contribution in [0.15, 0.2) is 22.7 Å². The molecule has 1 aromatic heterocycles. The average Bonchev–Trinajstić information content (AvgIpc) is 2.64. The Labute approximate surface area is 118 Å². The topological polar surface area (TPSA) is 28.7 Å². The van der Waals surface area contributed by atoms with Crippen LogP contribution in [0.5, 0.6) is 0 Å². The second kappa shape index (κ2) is 5.01.